The molecule has 2 N–H and O–H groups in total. The van der Waals surface area contributed by atoms with E-state index in [2.05, 4.69) is 37.6 Å². The van der Waals surface area contributed by atoms with Gasteiger partial charge in [-0.3, -0.25) is 4.90 Å². The number of nitrogens with two attached hydrogens (primary N) is 1. The Kier molecular flexibility index (Phi) is 7.33. The summed E-state index contributed by atoms with van der Waals surface area (Å²) in [5.74, 6) is 0. The summed E-state index contributed by atoms with van der Waals surface area (Å²) in [6.45, 7) is 11.3. The van der Waals surface area contributed by atoms with Crippen LogP contribution in [0.15, 0.2) is 0 Å². The van der Waals surface area contributed by atoms with Crippen molar-refractivity contribution in [3.63, 3.8) is 0 Å². The minimum absolute atomic E-state index is 0.210. The number of piperazine rings is 1. The van der Waals surface area contributed by atoms with E-state index >= 15 is 0 Å². The molecular weight excluding hydrogens is 234 g/mol. The number of hydrogen-bond donors (Lipinski definition) is 1. The maximum Gasteiger partial charge on any atom is 0.0304 e. The molecule has 0 bridgehead atoms. The molecule has 114 valence electrons. The van der Waals surface area contributed by atoms with Crippen LogP contribution in [0.1, 0.15) is 59.3 Å². The van der Waals surface area contributed by atoms with Crippen LogP contribution in [0.3, 0.4) is 0 Å². The van der Waals surface area contributed by atoms with Crippen molar-refractivity contribution in [1.82, 2.24) is 9.80 Å². The monoisotopic (exact) mass is 269 g/mol. The topological polar surface area (TPSA) is 32.5 Å². The Labute approximate surface area is 120 Å². The summed E-state index contributed by atoms with van der Waals surface area (Å²) >= 11 is 0. The summed E-state index contributed by atoms with van der Waals surface area (Å²) < 4.78 is 0. The fourth-order valence-corrected chi connectivity index (χ4v) is 3.04. The molecule has 1 fully saturated rings. The first kappa shape index (κ1) is 16.9. The first-order valence-electron chi connectivity index (χ1n) is 8.19. The Bertz CT molecular complexity index is 244. The molecular formula is C16H35N3. The first-order valence-corrected chi connectivity index (χ1v) is 8.19. The second-order valence-corrected chi connectivity index (χ2v) is 6.64. The molecule has 1 saturated heterocycles. The number of likely N-dealkylation sites (N-methyl/N-ethyl adjacent to an activating group) is 1. The smallest absolute Gasteiger partial charge is 0.0304 e. The summed E-state index contributed by atoms with van der Waals surface area (Å²) in [5.41, 5.74) is 6.31. The Morgan fingerprint density at radius 3 is 2.42 bits per heavy atom. The van der Waals surface area contributed by atoms with E-state index in [0.717, 1.165) is 6.54 Å². The van der Waals surface area contributed by atoms with Gasteiger partial charge in [0, 0.05) is 37.8 Å². The molecule has 0 amide bonds. The molecule has 2 unspecified atom stereocenters. The zero-order chi connectivity index (χ0) is 14.3. The third-order valence-corrected chi connectivity index (χ3v) is 4.98. The van der Waals surface area contributed by atoms with Crippen molar-refractivity contribution in [2.45, 2.75) is 70.9 Å². The van der Waals surface area contributed by atoms with Crippen molar-refractivity contribution in [1.29, 1.82) is 0 Å². The largest absolute Gasteiger partial charge is 0.329 e. The van der Waals surface area contributed by atoms with E-state index < -0.39 is 0 Å². The van der Waals surface area contributed by atoms with Crippen molar-refractivity contribution in [3.05, 3.63) is 0 Å². The first-order chi connectivity index (χ1) is 9.03. The van der Waals surface area contributed by atoms with Crippen LogP contribution in [0, 0.1) is 0 Å². The van der Waals surface area contributed by atoms with Crippen LogP contribution in [-0.2, 0) is 0 Å². The zero-order valence-electron chi connectivity index (χ0n) is 13.6. The van der Waals surface area contributed by atoms with Gasteiger partial charge in [-0.2, -0.15) is 0 Å². The maximum atomic E-state index is 6.10. The highest BCUT2D eigenvalue weighted by atomic mass is 15.3. The molecule has 0 aromatic heterocycles. The van der Waals surface area contributed by atoms with Crippen LogP contribution in [0.5, 0.6) is 0 Å². The molecule has 1 rings (SSSR count). The van der Waals surface area contributed by atoms with Gasteiger partial charge in [-0.15, -0.1) is 0 Å². The summed E-state index contributed by atoms with van der Waals surface area (Å²) in [5, 5.41) is 0. The molecule has 3 heteroatoms. The molecule has 0 spiro atoms. The predicted octanol–water partition coefficient (Wildman–Crippen LogP) is 2.70. The van der Waals surface area contributed by atoms with Crippen molar-refractivity contribution < 1.29 is 0 Å². The second-order valence-electron chi connectivity index (χ2n) is 6.64. The number of hydrogen-bond acceptors (Lipinski definition) is 3. The summed E-state index contributed by atoms with van der Waals surface area (Å²) in [7, 11) is 2.23. The van der Waals surface area contributed by atoms with Gasteiger partial charge < -0.3 is 10.6 Å². The second kappa shape index (κ2) is 8.23. The van der Waals surface area contributed by atoms with Gasteiger partial charge in [0.15, 0.2) is 0 Å². The van der Waals surface area contributed by atoms with Crippen LogP contribution in [-0.4, -0.2) is 54.6 Å². The van der Waals surface area contributed by atoms with E-state index in [1.165, 1.54) is 58.2 Å². The molecule has 1 aliphatic rings. The average molecular weight is 269 g/mol. The third kappa shape index (κ3) is 5.05. The van der Waals surface area contributed by atoms with E-state index in [-0.39, 0.29) is 5.54 Å². The van der Waals surface area contributed by atoms with E-state index in [1.54, 1.807) is 0 Å². The molecule has 19 heavy (non-hydrogen) atoms. The zero-order valence-corrected chi connectivity index (χ0v) is 13.6. The lowest BCUT2D eigenvalue weighted by Crippen LogP contribution is -2.60. The van der Waals surface area contributed by atoms with Gasteiger partial charge in [0.25, 0.3) is 0 Å². The quantitative estimate of drug-likeness (QED) is 0.688. The minimum Gasteiger partial charge on any atom is -0.329 e. The van der Waals surface area contributed by atoms with E-state index in [4.69, 9.17) is 5.73 Å². The minimum atomic E-state index is 0.210. The predicted molar refractivity (Wildman–Crippen MR) is 84.5 cm³/mol. The van der Waals surface area contributed by atoms with Crippen LogP contribution < -0.4 is 5.73 Å². The van der Waals surface area contributed by atoms with Gasteiger partial charge in [-0.1, -0.05) is 39.0 Å². The van der Waals surface area contributed by atoms with Gasteiger partial charge in [0.05, 0.1) is 0 Å². The molecule has 0 aromatic rings. The molecule has 1 heterocycles. The average Bonchev–Trinajstić information content (AvgIpc) is 2.41. The summed E-state index contributed by atoms with van der Waals surface area (Å²) in [6.07, 6.45) is 8.04. The van der Waals surface area contributed by atoms with Gasteiger partial charge in [-0.25, -0.2) is 0 Å². The van der Waals surface area contributed by atoms with Crippen LogP contribution >= 0.6 is 0 Å². The number of nitrogens with zero attached hydrogens (tertiary/aromatic N) is 2. The Morgan fingerprint density at radius 2 is 1.84 bits per heavy atom. The number of rotatable bonds is 8. The number of unbranched alkanes of at least 4 members (excludes halogenated alkanes) is 4. The van der Waals surface area contributed by atoms with Crippen molar-refractivity contribution in [3.8, 4) is 0 Å². The maximum absolute atomic E-state index is 6.10. The lowest BCUT2D eigenvalue weighted by atomic mass is 9.90. The highest BCUT2D eigenvalue weighted by Crippen LogP contribution is 2.25. The highest BCUT2D eigenvalue weighted by Gasteiger charge is 2.33. The van der Waals surface area contributed by atoms with Gasteiger partial charge >= 0.3 is 0 Å². The lowest BCUT2D eigenvalue weighted by molar-refractivity contribution is 0.0217. The normalized spacial score (nSPS) is 25.4. The third-order valence-electron chi connectivity index (χ3n) is 4.98. The molecule has 3 nitrogen and oxygen atoms in total. The SMILES string of the molecule is CCCCCCCC(C)(CN)N1CCN(C)C(C)C1. The molecule has 0 saturated carbocycles. The van der Waals surface area contributed by atoms with E-state index in [0.29, 0.717) is 6.04 Å². The molecule has 2 atom stereocenters. The molecule has 0 aliphatic carbocycles. The van der Waals surface area contributed by atoms with Crippen LogP contribution in [0.25, 0.3) is 0 Å². The van der Waals surface area contributed by atoms with Gasteiger partial charge in [0.1, 0.15) is 0 Å². The van der Waals surface area contributed by atoms with E-state index in [9.17, 15) is 0 Å². The summed E-state index contributed by atoms with van der Waals surface area (Å²) in [4.78, 5) is 5.09. The van der Waals surface area contributed by atoms with Crippen molar-refractivity contribution in [2.24, 2.45) is 5.73 Å². The van der Waals surface area contributed by atoms with Crippen molar-refractivity contribution >= 4 is 0 Å². The molecule has 0 aromatic carbocycles. The van der Waals surface area contributed by atoms with Gasteiger partial charge in [0.2, 0.25) is 0 Å². The van der Waals surface area contributed by atoms with Crippen LogP contribution in [0.4, 0.5) is 0 Å². The van der Waals surface area contributed by atoms with Gasteiger partial charge in [-0.05, 0) is 27.3 Å². The Balaban J connectivity index is 2.40. The lowest BCUT2D eigenvalue weighted by Gasteiger charge is -2.47. The fraction of sp³-hybridized carbons (Fsp3) is 1.00. The summed E-state index contributed by atoms with van der Waals surface area (Å²) in [6, 6.07) is 0.653. The Hall–Kier alpha value is -0.120. The Morgan fingerprint density at radius 1 is 1.16 bits per heavy atom. The van der Waals surface area contributed by atoms with E-state index in [1.807, 2.05) is 0 Å². The standard InChI is InChI=1S/C16H35N3/c1-5-6-7-8-9-10-16(3,14-17)19-12-11-18(4)15(2)13-19/h15H,5-14,17H2,1-4H3. The fourth-order valence-electron chi connectivity index (χ4n) is 3.04. The highest BCUT2D eigenvalue weighted by molar-refractivity contribution is 4.91. The van der Waals surface area contributed by atoms with Crippen LogP contribution in [0.2, 0.25) is 0 Å². The molecule has 0 radical (unpaired) electrons. The molecule has 1 aliphatic heterocycles. The van der Waals surface area contributed by atoms with Crippen molar-refractivity contribution in [2.75, 3.05) is 33.2 Å².